The SMILES string of the molecule is CC(C(=O)Cc1ccc2ccccc2c1)S(C)(=O)=O. The third-order valence-corrected chi connectivity index (χ3v) is 4.84. The summed E-state index contributed by atoms with van der Waals surface area (Å²) in [7, 11) is -3.31. The Balaban J connectivity index is 2.24. The van der Waals surface area contributed by atoms with Crippen molar-refractivity contribution in [2.45, 2.75) is 18.6 Å². The largest absolute Gasteiger partial charge is 0.298 e. The Morgan fingerprint density at radius 3 is 2.37 bits per heavy atom. The highest BCUT2D eigenvalue weighted by atomic mass is 32.2. The summed E-state index contributed by atoms with van der Waals surface area (Å²) in [5.41, 5.74) is 0.846. The second-order valence-corrected chi connectivity index (χ2v) is 7.16. The lowest BCUT2D eigenvalue weighted by molar-refractivity contribution is -0.117. The van der Waals surface area contributed by atoms with Crippen molar-refractivity contribution in [2.75, 3.05) is 6.26 Å². The van der Waals surface area contributed by atoms with E-state index in [9.17, 15) is 13.2 Å². The molecule has 1 unspecified atom stereocenters. The van der Waals surface area contributed by atoms with Crippen LogP contribution in [0.25, 0.3) is 10.8 Å². The second kappa shape index (κ2) is 5.13. The van der Waals surface area contributed by atoms with Crippen molar-refractivity contribution in [1.29, 1.82) is 0 Å². The molecule has 0 amide bonds. The summed E-state index contributed by atoms with van der Waals surface area (Å²) in [5.74, 6) is -0.266. The molecular weight excluding hydrogens is 260 g/mol. The molecule has 0 aromatic heterocycles. The number of hydrogen-bond donors (Lipinski definition) is 0. The van der Waals surface area contributed by atoms with E-state index in [2.05, 4.69) is 0 Å². The molecule has 0 saturated heterocycles. The van der Waals surface area contributed by atoms with Crippen LogP contribution in [0.3, 0.4) is 0 Å². The summed E-state index contributed by atoms with van der Waals surface area (Å²) in [5, 5.41) is 1.22. The molecule has 0 bridgehead atoms. The first-order valence-electron chi connectivity index (χ1n) is 6.07. The normalized spacial score (nSPS) is 13.4. The number of rotatable bonds is 4. The standard InChI is InChI=1S/C15H16O3S/c1-11(19(2,17)18)15(16)10-12-7-8-13-5-3-4-6-14(13)9-12/h3-9,11H,10H2,1-2H3. The van der Waals surface area contributed by atoms with Gasteiger partial charge in [-0.3, -0.25) is 4.79 Å². The van der Waals surface area contributed by atoms with Crippen LogP contribution in [0.2, 0.25) is 0 Å². The van der Waals surface area contributed by atoms with E-state index < -0.39 is 15.1 Å². The Morgan fingerprint density at radius 1 is 1.11 bits per heavy atom. The zero-order valence-corrected chi connectivity index (χ0v) is 11.8. The van der Waals surface area contributed by atoms with Gasteiger partial charge in [-0.1, -0.05) is 42.5 Å². The fraction of sp³-hybridized carbons (Fsp3) is 0.267. The minimum absolute atomic E-state index is 0.152. The Bertz CT molecular complexity index is 717. The molecule has 2 aromatic rings. The van der Waals surface area contributed by atoms with Crippen molar-refractivity contribution in [3.63, 3.8) is 0 Å². The fourth-order valence-electron chi connectivity index (χ4n) is 1.93. The summed E-state index contributed by atoms with van der Waals surface area (Å²) in [6.45, 7) is 1.44. The van der Waals surface area contributed by atoms with E-state index in [-0.39, 0.29) is 12.2 Å². The van der Waals surface area contributed by atoms with Gasteiger partial charge in [0.05, 0.1) is 0 Å². The Morgan fingerprint density at radius 2 is 1.74 bits per heavy atom. The number of ketones is 1. The molecule has 100 valence electrons. The molecule has 0 aliphatic carbocycles. The van der Waals surface area contributed by atoms with E-state index in [1.54, 1.807) is 0 Å². The summed E-state index contributed by atoms with van der Waals surface area (Å²) in [4.78, 5) is 11.9. The van der Waals surface area contributed by atoms with Gasteiger partial charge in [-0.15, -0.1) is 0 Å². The minimum atomic E-state index is -3.31. The van der Waals surface area contributed by atoms with Gasteiger partial charge in [0, 0.05) is 12.7 Å². The smallest absolute Gasteiger partial charge is 0.157 e. The third kappa shape index (κ3) is 3.20. The Labute approximate surface area is 113 Å². The molecule has 0 radical (unpaired) electrons. The molecule has 0 fully saturated rings. The average molecular weight is 276 g/mol. The lowest BCUT2D eigenvalue weighted by Gasteiger charge is -2.08. The second-order valence-electron chi connectivity index (χ2n) is 4.80. The van der Waals surface area contributed by atoms with Crippen molar-refractivity contribution < 1.29 is 13.2 Å². The van der Waals surface area contributed by atoms with Gasteiger partial charge in [0.2, 0.25) is 0 Å². The van der Waals surface area contributed by atoms with Gasteiger partial charge in [-0.2, -0.15) is 0 Å². The minimum Gasteiger partial charge on any atom is -0.298 e. The number of fused-ring (bicyclic) bond motifs is 1. The highest BCUT2D eigenvalue weighted by molar-refractivity contribution is 7.92. The van der Waals surface area contributed by atoms with Gasteiger partial charge >= 0.3 is 0 Å². The Hall–Kier alpha value is -1.68. The zero-order chi connectivity index (χ0) is 14.0. The first kappa shape index (κ1) is 13.7. The summed E-state index contributed by atoms with van der Waals surface area (Å²) in [6, 6.07) is 13.6. The lowest BCUT2D eigenvalue weighted by atomic mass is 10.0. The molecule has 0 saturated carbocycles. The molecule has 0 heterocycles. The van der Waals surface area contributed by atoms with Gasteiger partial charge in [0.15, 0.2) is 15.6 Å². The van der Waals surface area contributed by atoms with Crippen molar-refractivity contribution in [3.05, 3.63) is 48.0 Å². The van der Waals surface area contributed by atoms with Crippen molar-refractivity contribution in [2.24, 2.45) is 0 Å². The third-order valence-electron chi connectivity index (χ3n) is 3.29. The molecule has 0 N–H and O–H groups in total. The molecule has 3 nitrogen and oxygen atoms in total. The quantitative estimate of drug-likeness (QED) is 0.861. The molecule has 0 aliphatic heterocycles. The van der Waals surface area contributed by atoms with Crippen LogP contribution < -0.4 is 0 Å². The van der Waals surface area contributed by atoms with Crippen molar-refractivity contribution in [3.8, 4) is 0 Å². The van der Waals surface area contributed by atoms with Crippen molar-refractivity contribution >= 4 is 26.4 Å². The fourth-order valence-corrected chi connectivity index (χ4v) is 2.49. The maximum absolute atomic E-state index is 11.9. The predicted octanol–water partition coefficient (Wildman–Crippen LogP) is 2.38. The van der Waals surface area contributed by atoms with Crippen LogP contribution in [0.5, 0.6) is 0 Å². The van der Waals surface area contributed by atoms with E-state index in [0.717, 1.165) is 22.6 Å². The van der Waals surface area contributed by atoms with Crippen LogP contribution in [0.15, 0.2) is 42.5 Å². The van der Waals surface area contributed by atoms with Crippen LogP contribution >= 0.6 is 0 Å². The van der Waals surface area contributed by atoms with E-state index in [1.807, 2.05) is 42.5 Å². The summed E-state index contributed by atoms with van der Waals surface area (Å²) < 4.78 is 22.7. The molecule has 1 atom stereocenters. The average Bonchev–Trinajstić information content (AvgIpc) is 2.36. The number of Topliss-reactive ketones (excluding diaryl/α,β-unsaturated/α-hetero) is 1. The van der Waals surface area contributed by atoms with E-state index >= 15 is 0 Å². The Kier molecular flexibility index (Phi) is 3.71. The highest BCUT2D eigenvalue weighted by Crippen LogP contribution is 2.17. The number of benzene rings is 2. The molecule has 4 heteroatoms. The van der Waals surface area contributed by atoms with Crippen molar-refractivity contribution in [1.82, 2.24) is 0 Å². The summed E-state index contributed by atoms with van der Waals surface area (Å²) in [6.07, 6.45) is 1.25. The van der Waals surface area contributed by atoms with Gasteiger partial charge in [0.25, 0.3) is 0 Å². The molecule has 0 spiro atoms. The van der Waals surface area contributed by atoms with Gasteiger partial charge < -0.3 is 0 Å². The van der Waals surface area contributed by atoms with Crippen LogP contribution in [-0.2, 0) is 21.1 Å². The zero-order valence-electron chi connectivity index (χ0n) is 11.0. The highest BCUT2D eigenvalue weighted by Gasteiger charge is 2.23. The molecular formula is C15H16O3S. The monoisotopic (exact) mass is 276 g/mol. The molecule has 0 aliphatic rings. The van der Waals surface area contributed by atoms with Crippen LogP contribution in [0.1, 0.15) is 12.5 Å². The predicted molar refractivity (Wildman–Crippen MR) is 77.0 cm³/mol. The van der Waals surface area contributed by atoms with Gasteiger partial charge in [-0.25, -0.2) is 8.42 Å². The maximum Gasteiger partial charge on any atom is 0.157 e. The molecule has 19 heavy (non-hydrogen) atoms. The van der Waals surface area contributed by atoms with E-state index in [1.165, 1.54) is 6.92 Å². The number of hydrogen-bond acceptors (Lipinski definition) is 3. The maximum atomic E-state index is 11.9. The number of carbonyl (C=O) groups excluding carboxylic acids is 1. The number of sulfone groups is 1. The van der Waals surface area contributed by atoms with E-state index in [4.69, 9.17) is 0 Å². The van der Waals surface area contributed by atoms with Gasteiger partial charge in [0.1, 0.15) is 5.25 Å². The number of carbonyl (C=O) groups is 1. The van der Waals surface area contributed by atoms with Gasteiger partial charge in [-0.05, 0) is 23.3 Å². The van der Waals surface area contributed by atoms with Crippen LogP contribution in [-0.4, -0.2) is 25.7 Å². The summed E-state index contributed by atoms with van der Waals surface area (Å²) >= 11 is 0. The van der Waals surface area contributed by atoms with E-state index in [0.29, 0.717) is 0 Å². The molecule has 2 aromatic carbocycles. The first-order chi connectivity index (χ1) is 8.88. The first-order valence-corrected chi connectivity index (χ1v) is 8.02. The topological polar surface area (TPSA) is 51.2 Å². The van der Waals surface area contributed by atoms with Crippen LogP contribution in [0, 0.1) is 0 Å². The molecule has 2 rings (SSSR count). The lowest BCUT2D eigenvalue weighted by Crippen LogP contribution is -2.27. The van der Waals surface area contributed by atoms with Crippen LogP contribution in [0.4, 0.5) is 0 Å².